The van der Waals surface area contributed by atoms with Crippen LogP contribution in [0.1, 0.15) is 51.4 Å². The Labute approximate surface area is 993 Å². The summed E-state index contributed by atoms with van der Waals surface area (Å²) in [5.74, 6) is -9.11. The maximum absolute atomic E-state index is 12.2. The third kappa shape index (κ3) is 43.2. The summed E-state index contributed by atoms with van der Waals surface area (Å²) in [5.41, 5.74) is 0. The Bertz CT molecular complexity index is 3240. The number of thioether (sulfide) groups is 8. The topological polar surface area (TPSA) is 820 Å². The van der Waals surface area contributed by atoms with Gasteiger partial charge >= 0.3 is 236 Å². The van der Waals surface area contributed by atoms with Crippen molar-refractivity contribution in [1.82, 2.24) is 0 Å². The smallest absolute Gasteiger partial charge is 0.870 e. The number of aliphatic hydroxyl groups excluding tert-OH is 16. The van der Waals surface area contributed by atoms with Gasteiger partial charge in [0.05, 0.1) is 48.8 Å². The van der Waals surface area contributed by atoms with E-state index in [9.17, 15) is 140 Å². The predicted molar refractivity (Wildman–Crippen MR) is 430 cm³/mol. The first-order chi connectivity index (χ1) is 59.3. The van der Waals surface area contributed by atoms with Crippen molar-refractivity contribution < 1.29 is 475 Å². The molecule has 64 heteroatoms. The fraction of sp³-hybridized carbons (Fsp3) is 0.889. The molecule has 30 saturated heterocycles. The van der Waals surface area contributed by atoms with E-state index in [2.05, 4.69) is 0 Å². The number of rotatable bonds is 40. The average Bonchev–Trinajstić information content (AvgIpc) is 0.768. The van der Waals surface area contributed by atoms with Crippen LogP contribution in [-0.2, 0) is 114 Å². The molecule has 0 amide bonds. The summed E-state index contributed by atoms with van der Waals surface area (Å²) < 4.78 is 100. The van der Waals surface area contributed by atoms with Crippen LogP contribution in [0.25, 0.3) is 0 Å². The van der Waals surface area contributed by atoms with E-state index in [1.165, 1.54) is 0 Å². The summed E-state index contributed by atoms with van der Waals surface area (Å²) in [6, 6.07) is 0. The van der Waals surface area contributed by atoms with Gasteiger partial charge in [-0.1, -0.05) is 0 Å². The summed E-state index contributed by atoms with van der Waals surface area (Å²) in [5, 5.41) is 241. The molecule has 0 aliphatic carbocycles. The minimum atomic E-state index is -2.32. The molecular weight excluding hydrogens is 2070 g/mol. The van der Waals surface area contributed by atoms with E-state index in [0.717, 1.165) is 94.1 Å². The number of hydrogen-bond acceptors (Lipinski definition) is 56. The summed E-state index contributed by atoms with van der Waals surface area (Å²) in [4.78, 5) is 92.4. The Morgan fingerprint density at radius 1 is 0.199 bits per heavy atom. The molecular formula is C72H108Na8O48S8-4. The van der Waals surface area contributed by atoms with Crippen LogP contribution >= 0.6 is 94.1 Å². The molecule has 20 N–H and O–H groups in total. The zero-order valence-electron chi connectivity index (χ0n) is 75.7. The molecule has 0 aromatic rings. The van der Waals surface area contributed by atoms with Crippen LogP contribution in [0.5, 0.6) is 0 Å². The van der Waals surface area contributed by atoms with Crippen molar-refractivity contribution in [3.63, 3.8) is 0 Å². The van der Waals surface area contributed by atoms with E-state index in [0.29, 0.717) is 0 Å². The maximum Gasteiger partial charge on any atom is 1.00 e. The van der Waals surface area contributed by atoms with Crippen LogP contribution in [0.4, 0.5) is 0 Å². The first-order valence-electron chi connectivity index (χ1n) is 39.5. The van der Waals surface area contributed by atoms with Gasteiger partial charge in [-0.2, -0.15) is 94.1 Å². The minimum Gasteiger partial charge on any atom is -0.870 e. The summed E-state index contributed by atoms with van der Waals surface area (Å²) in [6.45, 7) is 0. The number of carboxylic acid groups (broad SMARTS) is 4. The van der Waals surface area contributed by atoms with Crippen molar-refractivity contribution in [3.8, 4) is 0 Å². The Morgan fingerprint density at radius 3 is 0.412 bits per heavy atom. The molecule has 40 atom stereocenters. The fourth-order valence-corrected chi connectivity index (χ4v) is 22.0. The van der Waals surface area contributed by atoms with Gasteiger partial charge < -0.3 is 238 Å². The third-order valence-corrected chi connectivity index (χ3v) is 29.4. The Balaban J connectivity index is -0.00000726. The number of hydrogen-bond donors (Lipinski definition) is 16. The molecule has 30 fully saturated rings. The number of carbonyl (C=O) groups is 4. The van der Waals surface area contributed by atoms with Crippen LogP contribution in [0, 0.1) is 0 Å². The van der Waals surface area contributed by atoms with Crippen molar-refractivity contribution in [2.24, 2.45) is 0 Å². The molecule has 136 heavy (non-hydrogen) atoms. The van der Waals surface area contributed by atoms with Gasteiger partial charge in [0, 0.05) is 69.9 Å². The monoisotopic (exact) mass is 2180 g/mol. The van der Waals surface area contributed by atoms with Gasteiger partial charge in [-0.05, 0) is 71.7 Å². The SMILES string of the molecule is O=[C-]CCSCC1OC2OC3C(CSCC[C-]=O)OC(OC4C(CSCCC(=O)[O-])OC(OC5C(CSCCC(=O)[O-])OC(OC6C(CSCCC(=O)[O-])OC(OC7C(CSCCC(=O)[O-])OC(OC8C(CSCC[C-]=O)OC(OC9C(CSCC[C-]=O)OC(OC1C(O)C2O)C(O)C9O)C(O)C8O)C(O)C7O)C(O)C6O)C(O)C5O)C(O)C4O)C(O)C3O.[Na+].[Na+].[Na+].[Na+].[Na+].[Na+].[Na+].[Na+].[OH-].[OH-].[OH-].[OH-]. The Hall–Kier alpha value is 5.92. The van der Waals surface area contributed by atoms with Gasteiger partial charge in [-0.25, -0.2) is 0 Å². The second kappa shape index (κ2) is 76.5. The van der Waals surface area contributed by atoms with Crippen molar-refractivity contribution >= 4 is 143 Å². The number of carbonyl (C=O) groups excluding carboxylic acids is 8. The van der Waals surface area contributed by atoms with Crippen LogP contribution in [-0.4, -0.2) is 490 Å². The molecule has 0 spiro atoms. The van der Waals surface area contributed by atoms with Crippen LogP contribution in [0.2, 0.25) is 0 Å². The standard InChI is InChI=1S/C72H108O44S8.8Na.4H2O/c73-9-1-13-117-21-29-57-42(86)50(94)66(102-29)111-59-31(23-119-15-3-11-75)104-68(52(96)44(59)88)113-61-33(25-121-17-5-37(77)78)106-70(54(98)46(61)90)115-63-35(27-123-19-7-39(81)82)108-72(56(100)48(63)92)116-64-36(28-124-20-8-40(83)84)107-71(55(99)47(64)91)114-62-34(26-122-18-6-38(79)80)105-69(53(97)45(62)89)112-60-32(24-120-16-4-12-76)103-67(51(95)43(60)87)110-58-30(22-118-14-2-10-74)101-65(109-57)49(93)41(58)85;;;;;;;;;;;;/h29-36,41-72,85-100H,1-8,13-28H2,(H,77,78)(H,79,80)(H,81,82)(H,83,84);;;;;;;;;4*1H2/q-4;8*+1;;;;/p-8. The average molecular weight is 2180 g/mol. The molecule has 30 aliphatic heterocycles. The second-order valence-corrected chi connectivity index (χ2v) is 38.9. The molecule has 0 aromatic heterocycles. The van der Waals surface area contributed by atoms with Crippen molar-refractivity contribution in [2.75, 3.05) is 92.0 Å². The van der Waals surface area contributed by atoms with Crippen molar-refractivity contribution in [3.05, 3.63) is 0 Å². The first-order valence-corrected chi connectivity index (χ1v) is 48.7. The van der Waals surface area contributed by atoms with Crippen molar-refractivity contribution in [1.29, 1.82) is 0 Å². The molecule has 48 nitrogen and oxygen atoms in total. The van der Waals surface area contributed by atoms with E-state index in [1.807, 2.05) is 0 Å². The zero-order chi connectivity index (χ0) is 90.2. The summed E-state index contributed by atoms with van der Waals surface area (Å²) >= 11 is 7.52. The van der Waals surface area contributed by atoms with Crippen LogP contribution in [0.15, 0.2) is 0 Å². The molecule has 0 aromatic carbocycles. The Kier molecular flexibility index (Phi) is 83.3. The van der Waals surface area contributed by atoms with Gasteiger partial charge in [-0.15, -0.1) is 25.7 Å². The zero-order valence-corrected chi connectivity index (χ0v) is 98.2. The number of ether oxygens (including phenoxy) is 16. The van der Waals surface area contributed by atoms with E-state index in [4.69, 9.17) is 75.8 Å². The molecule has 0 saturated carbocycles. The molecule has 0 radical (unpaired) electrons. The molecule has 30 rings (SSSR count). The van der Waals surface area contributed by atoms with Crippen LogP contribution in [0.3, 0.4) is 0 Å². The molecule has 30 aliphatic rings. The minimum absolute atomic E-state index is 0. The normalized spacial score (nSPS) is 38.7. The largest absolute Gasteiger partial charge is 1.00 e. The molecule has 30 heterocycles. The van der Waals surface area contributed by atoms with Gasteiger partial charge in [0.2, 0.25) is 0 Å². The second-order valence-electron chi connectivity index (χ2n) is 29.7. The van der Waals surface area contributed by atoms with Gasteiger partial charge in [0.15, 0.2) is 50.3 Å². The van der Waals surface area contributed by atoms with Crippen molar-refractivity contribution in [2.45, 2.75) is 297 Å². The maximum atomic E-state index is 12.2. The number of aliphatic hydroxyl groups is 16. The first kappa shape index (κ1) is 148. The summed E-state index contributed by atoms with van der Waals surface area (Å²) in [7, 11) is 0. The van der Waals surface area contributed by atoms with Gasteiger partial charge in [-0.3, -0.25) is 25.1 Å². The quantitative estimate of drug-likeness (QED) is 0.0154. The van der Waals surface area contributed by atoms with E-state index >= 15 is 0 Å². The van der Waals surface area contributed by atoms with Gasteiger partial charge in [0.25, 0.3) is 0 Å². The van der Waals surface area contributed by atoms with Crippen LogP contribution < -0.4 is 257 Å². The molecule has 744 valence electrons. The molecule has 40 unspecified atom stereocenters. The fourth-order valence-electron chi connectivity index (χ4n) is 14.5. The Morgan fingerprint density at radius 2 is 0.309 bits per heavy atom. The van der Waals surface area contributed by atoms with Gasteiger partial charge in [0.1, 0.15) is 146 Å². The summed E-state index contributed by atoms with van der Waals surface area (Å²) in [6.07, 6.45) is -75.9. The van der Waals surface area contributed by atoms with E-state index < -0.39 is 307 Å². The number of carboxylic acids is 4. The predicted octanol–water partition coefficient (Wildman–Crippen LogP) is -37.6. The van der Waals surface area contributed by atoms with E-state index in [-0.39, 0.29) is 365 Å². The third-order valence-electron chi connectivity index (χ3n) is 20.9. The number of aliphatic carboxylic acids is 4. The van der Waals surface area contributed by atoms with E-state index in [1.54, 1.807) is 25.1 Å². The molecule has 16 bridgehead atoms.